The highest BCUT2D eigenvalue weighted by molar-refractivity contribution is 5.81. The molecule has 0 amide bonds. The molecule has 0 radical (unpaired) electrons. The number of ketones is 1. The molecule has 0 saturated carbocycles. The van der Waals surface area contributed by atoms with Gasteiger partial charge in [-0.25, -0.2) is 0 Å². The highest BCUT2D eigenvalue weighted by atomic mass is 16.7. The van der Waals surface area contributed by atoms with Crippen LogP contribution in [0.1, 0.15) is 12.0 Å². The van der Waals surface area contributed by atoms with Crippen molar-refractivity contribution in [3.8, 4) is 0 Å². The quantitative estimate of drug-likeness (QED) is 0.737. The molecule has 0 spiro atoms. The first kappa shape index (κ1) is 10.3. The molecular weight excluding hydrogens is 194 g/mol. The number of ether oxygens (including phenoxy) is 2. The second-order valence-corrected chi connectivity index (χ2v) is 3.45. The first-order valence-corrected chi connectivity index (χ1v) is 4.98. The van der Waals surface area contributed by atoms with Gasteiger partial charge in [0.25, 0.3) is 0 Å². The van der Waals surface area contributed by atoms with Crippen LogP contribution in [-0.4, -0.2) is 30.3 Å². The van der Waals surface area contributed by atoms with Crippen molar-refractivity contribution in [3.05, 3.63) is 30.1 Å². The van der Waals surface area contributed by atoms with Crippen LogP contribution in [0.25, 0.3) is 0 Å². The Bertz CT molecular complexity index is 320. The summed E-state index contributed by atoms with van der Waals surface area (Å²) in [6.07, 6.45) is 3.80. The highest BCUT2D eigenvalue weighted by Gasteiger charge is 2.19. The summed E-state index contributed by atoms with van der Waals surface area (Å²) in [6, 6.07) is 3.68. The Morgan fingerprint density at radius 2 is 2.00 bits per heavy atom. The Kier molecular flexibility index (Phi) is 3.42. The maximum Gasteiger partial charge on any atom is 0.164 e. The topological polar surface area (TPSA) is 48.4 Å². The lowest BCUT2D eigenvalue weighted by Gasteiger charge is -2.07. The van der Waals surface area contributed by atoms with Crippen molar-refractivity contribution >= 4 is 5.78 Å². The summed E-state index contributed by atoms with van der Waals surface area (Å²) < 4.78 is 10.4. The molecule has 0 bridgehead atoms. The van der Waals surface area contributed by atoms with Gasteiger partial charge in [-0.2, -0.15) is 0 Å². The number of nitrogens with zero attached hydrogens (tertiary/aromatic N) is 1. The SMILES string of the molecule is O=C(Cc1ccncc1)CC1OCCO1. The molecule has 2 heterocycles. The third kappa shape index (κ3) is 3.11. The fourth-order valence-electron chi connectivity index (χ4n) is 1.51. The van der Waals surface area contributed by atoms with Crippen LogP contribution in [0, 0.1) is 0 Å². The van der Waals surface area contributed by atoms with Gasteiger partial charge in [0.05, 0.1) is 19.6 Å². The normalized spacial score (nSPS) is 16.8. The van der Waals surface area contributed by atoms with Gasteiger partial charge in [0.15, 0.2) is 6.29 Å². The van der Waals surface area contributed by atoms with E-state index in [1.54, 1.807) is 12.4 Å². The van der Waals surface area contributed by atoms with Gasteiger partial charge >= 0.3 is 0 Å². The van der Waals surface area contributed by atoms with Gasteiger partial charge in [-0.05, 0) is 17.7 Å². The Morgan fingerprint density at radius 3 is 2.67 bits per heavy atom. The number of carbonyl (C=O) groups excluding carboxylic acids is 1. The predicted molar refractivity (Wildman–Crippen MR) is 53.3 cm³/mol. The molecule has 0 N–H and O–H groups in total. The third-order valence-electron chi connectivity index (χ3n) is 2.24. The van der Waals surface area contributed by atoms with Crippen molar-refractivity contribution < 1.29 is 14.3 Å². The number of Topliss-reactive ketones (excluding diaryl/α,β-unsaturated/α-hetero) is 1. The zero-order valence-corrected chi connectivity index (χ0v) is 8.39. The van der Waals surface area contributed by atoms with E-state index in [9.17, 15) is 4.79 Å². The Morgan fingerprint density at radius 1 is 1.33 bits per heavy atom. The lowest BCUT2D eigenvalue weighted by Crippen LogP contribution is -2.15. The van der Waals surface area contributed by atoms with Crippen molar-refractivity contribution in [2.24, 2.45) is 0 Å². The van der Waals surface area contributed by atoms with E-state index in [2.05, 4.69) is 4.98 Å². The third-order valence-corrected chi connectivity index (χ3v) is 2.24. The number of rotatable bonds is 4. The second kappa shape index (κ2) is 5.00. The molecule has 4 nitrogen and oxygen atoms in total. The van der Waals surface area contributed by atoms with Gasteiger partial charge in [0.2, 0.25) is 0 Å². The van der Waals surface area contributed by atoms with E-state index in [1.807, 2.05) is 12.1 Å². The molecule has 2 rings (SSSR count). The molecule has 15 heavy (non-hydrogen) atoms. The molecule has 80 valence electrons. The first-order chi connectivity index (χ1) is 7.34. The number of aromatic nitrogens is 1. The van der Waals surface area contributed by atoms with Crippen LogP contribution in [0.4, 0.5) is 0 Å². The van der Waals surface area contributed by atoms with Crippen LogP contribution in [-0.2, 0) is 20.7 Å². The summed E-state index contributed by atoms with van der Waals surface area (Å²) in [5.74, 6) is 0.133. The average molecular weight is 207 g/mol. The Hall–Kier alpha value is -1.26. The van der Waals surface area contributed by atoms with Gasteiger partial charge in [-0.1, -0.05) is 0 Å². The summed E-state index contributed by atoms with van der Waals surface area (Å²) in [6.45, 7) is 1.18. The lowest BCUT2D eigenvalue weighted by atomic mass is 10.1. The first-order valence-electron chi connectivity index (χ1n) is 4.98. The van der Waals surface area contributed by atoms with E-state index in [0.717, 1.165) is 5.56 Å². The minimum atomic E-state index is -0.334. The fourth-order valence-corrected chi connectivity index (χ4v) is 1.51. The van der Waals surface area contributed by atoms with Gasteiger partial charge in [-0.15, -0.1) is 0 Å². The van der Waals surface area contributed by atoms with Crippen molar-refractivity contribution in [2.45, 2.75) is 19.1 Å². The van der Waals surface area contributed by atoms with Crippen LogP contribution >= 0.6 is 0 Å². The van der Waals surface area contributed by atoms with Crippen LogP contribution in [0.3, 0.4) is 0 Å². The van der Waals surface area contributed by atoms with E-state index < -0.39 is 0 Å². The number of hydrogen-bond acceptors (Lipinski definition) is 4. The van der Waals surface area contributed by atoms with Gasteiger partial charge in [-0.3, -0.25) is 9.78 Å². The van der Waals surface area contributed by atoms with E-state index in [0.29, 0.717) is 26.1 Å². The minimum absolute atomic E-state index is 0.133. The zero-order chi connectivity index (χ0) is 10.5. The van der Waals surface area contributed by atoms with Crippen LogP contribution in [0.5, 0.6) is 0 Å². The molecule has 4 heteroatoms. The lowest BCUT2D eigenvalue weighted by molar-refractivity contribution is -0.126. The Labute approximate surface area is 88.2 Å². The van der Waals surface area contributed by atoms with Crippen LogP contribution in [0.2, 0.25) is 0 Å². The summed E-state index contributed by atoms with van der Waals surface area (Å²) in [7, 11) is 0. The molecular formula is C11H13NO3. The van der Waals surface area contributed by atoms with Crippen molar-refractivity contribution in [1.29, 1.82) is 0 Å². The molecule has 1 aromatic rings. The number of hydrogen-bond donors (Lipinski definition) is 0. The standard InChI is InChI=1S/C11H13NO3/c13-10(8-11-14-5-6-15-11)7-9-1-3-12-4-2-9/h1-4,11H,5-8H2. The number of pyridine rings is 1. The summed E-state index contributed by atoms with van der Waals surface area (Å²) in [5.41, 5.74) is 0.980. The van der Waals surface area contributed by atoms with Crippen LogP contribution < -0.4 is 0 Å². The number of carbonyl (C=O) groups is 1. The molecule has 1 aromatic heterocycles. The fraction of sp³-hybridized carbons (Fsp3) is 0.455. The predicted octanol–water partition coefficient (Wildman–Crippen LogP) is 0.956. The maximum absolute atomic E-state index is 11.6. The summed E-state index contributed by atoms with van der Waals surface area (Å²) in [4.78, 5) is 15.5. The molecule has 0 aromatic carbocycles. The van der Waals surface area contributed by atoms with Crippen molar-refractivity contribution in [2.75, 3.05) is 13.2 Å². The highest BCUT2D eigenvalue weighted by Crippen LogP contribution is 2.10. The van der Waals surface area contributed by atoms with E-state index in [1.165, 1.54) is 0 Å². The van der Waals surface area contributed by atoms with Crippen LogP contribution in [0.15, 0.2) is 24.5 Å². The monoisotopic (exact) mass is 207 g/mol. The molecule has 1 aliphatic heterocycles. The van der Waals surface area contributed by atoms with Crippen molar-refractivity contribution in [1.82, 2.24) is 4.98 Å². The largest absolute Gasteiger partial charge is 0.350 e. The smallest absolute Gasteiger partial charge is 0.164 e. The van der Waals surface area contributed by atoms with E-state index >= 15 is 0 Å². The minimum Gasteiger partial charge on any atom is -0.350 e. The van der Waals surface area contributed by atoms with Gasteiger partial charge in [0.1, 0.15) is 5.78 Å². The maximum atomic E-state index is 11.6. The molecule has 1 saturated heterocycles. The van der Waals surface area contributed by atoms with Gasteiger partial charge in [0, 0.05) is 18.8 Å². The summed E-state index contributed by atoms with van der Waals surface area (Å²) in [5, 5.41) is 0. The Balaban J connectivity index is 1.82. The van der Waals surface area contributed by atoms with E-state index in [-0.39, 0.29) is 12.1 Å². The second-order valence-electron chi connectivity index (χ2n) is 3.45. The molecule has 0 unspecified atom stereocenters. The van der Waals surface area contributed by atoms with E-state index in [4.69, 9.17) is 9.47 Å². The van der Waals surface area contributed by atoms with Gasteiger partial charge < -0.3 is 9.47 Å². The molecule has 1 aliphatic rings. The molecule has 0 aliphatic carbocycles. The summed E-state index contributed by atoms with van der Waals surface area (Å²) >= 11 is 0. The molecule has 1 fully saturated rings. The van der Waals surface area contributed by atoms with Crippen molar-refractivity contribution in [3.63, 3.8) is 0 Å². The zero-order valence-electron chi connectivity index (χ0n) is 8.39. The molecule has 0 atom stereocenters. The average Bonchev–Trinajstić information content (AvgIpc) is 2.71.